The zero-order valence-electron chi connectivity index (χ0n) is 12.5. The van der Waals surface area contributed by atoms with Crippen LogP contribution in [-0.4, -0.2) is 0 Å². The molecule has 0 aliphatic carbocycles. The minimum absolute atomic E-state index is 0. The molecule has 1 radical (unpaired) electrons. The van der Waals surface area contributed by atoms with Gasteiger partial charge in [0.25, 0.3) is 0 Å². The summed E-state index contributed by atoms with van der Waals surface area (Å²) in [5.41, 5.74) is 2.70. The molecule has 0 unspecified atom stereocenters. The first-order valence-electron chi connectivity index (χ1n) is 6.96. The summed E-state index contributed by atoms with van der Waals surface area (Å²) in [6.45, 7) is 4.25. The van der Waals surface area contributed by atoms with E-state index in [9.17, 15) is 0 Å². The van der Waals surface area contributed by atoms with E-state index in [0.29, 0.717) is 0 Å². The van der Waals surface area contributed by atoms with Crippen LogP contribution >= 0.6 is 0 Å². The van der Waals surface area contributed by atoms with Crippen LogP contribution < -0.4 is 0 Å². The summed E-state index contributed by atoms with van der Waals surface area (Å²) < 4.78 is 0. The Hall–Kier alpha value is -1.47. The maximum absolute atomic E-state index is 2.20. The molecule has 0 N–H and O–H groups in total. The van der Waals surface area contributed by atoms with Crippen LogP contribution in [0.15, 0.2) is 72.8 Å². The molecule has 0 saturated carbocycles. The van der Waals surface area contributed by atoms with E-state index in [-0.39, 0.29) is 25.8 Å². The Kier molecular flexibility index (Phi) is 5.30. The minimum atomic E-state index is 0. The number of rotatable bonds is 0. The van der Waals surface area contributed by atoms with Crippen LogP contribution in [0.4, 0.5) is 0 Å². The van der Waals surface area contributed by atoms with Gasteiger partial charge >= 0.3 is 0 Å². The van der Waals surface area contributed by atoms with E-state index >= 15 is 0 Å². The van der Waals surface area contributed by atoms with E-state index in [0.717, 1.165) is 0 Å². The monoisotopic (exact) mass is 303 g/mol. The zero-order chi connectivity index (χ0) is 13.9. The van der Waals surface area contributed by atoms with E-state index in [1.807, 2.05) is 0 Å². The first-order chi connectivity index (χ1) is 9.72. The Bertz CT molecular complexity index is 695. The topological polar surface area (TPSA) is 0 Å². The fourth-order valence-electron chi connectivity index (χ4n) is 2.61. The van der Waals surface area contributed by atoms with Gasteiger partial charge in [0.05, 0.1) is 0 Å². The predicted octanol–water partition coefficient (Wildman–Crippen LogP) is 5.73. The SMILES string of the molecule is Cc1cc2ccccc2[cH-]1.Cc1cc2ccccc2[cH-]1.[Sc]. The van der Waals surface area contributed by atoms with Crippen molar-refractivity contribution >= 4 is 21.5 Å². The number of hydrogen-bond acceptors (Lipinski definition) is 0. The minimum Gasteiger partial charge on any atom is -0.165 e. The fraction of sp³-hybridized carbons (Fsp3) is 0.100. The standard InChI is InChI=1S/2C10H9.Sc/c2*1-8-6-9-4-2-3-5-10(9)7-8;/h2*2-7H,1H3;/q2*-1;. The van der Waals surface area contributed by atoms with Crippen molar-refractivity contribution in [3.63, 3.8) is 0 Å². The van der Waals surface area contributed by atoms with Crippen LogP contribution in [0.2, 0.25) is 0 Å². The molecule has 0 saturated heterocycles. The molecule has 0 aromatic heterocycles. The predicted molar refractivity (Wildman–Crippen MR) is 88.6 cm³/mol. The molecule has 103 valence electrons. The van der Waals surface area contributed by atoms with E-state index in [1.165, 1.54) is 32.7 Å². The first-order valence-corrected chi connectivity index (χ1v) is 6.96. The van der Waals surface area contributed by atoms with Gasteiger partial charge in [-0.1, -0.05) is 26.0 Å². The fourth-order valence-corrected chi connectivity index (χ4v) is 2.61. The van der Waals surface area contributed by atoms with Gasteiger partial charge in [0, 0.05) is 25.8 Å². The van der Waals surface area contributed by atoms with Gasteiger partial charge in [0.2, 0.25) is 0 Å². The normalized spacial score (nSPS) is 10.0. The molecule has 0 bridgehead atoms. The third kappa shape index (κ3) is 3.79. The number of hydrogen-bond donors (Lipinski definition) is 0. The Morgan fingerprint density at radius 1 is 0.619 bits per heavy atom. The zero-order valence-corrected chi connectivity index (χ0v) is 14.3. The van der Waals surface area contributed by atoms with E-state index < -0.39 is 0 Å². The summed E-state index contributed by atoms with van der Waals surface area (Å²) in [4.78, 5) is 0. The third-order valence-corrected chi connectivity index (χ3v) is 3.52. The summed E-state index contributed by atoms with van der Waals surface area (Å²) in [7, 11) is 0. The molecule has 4 aromatic carbocycles. The second-order valence-electron chi connectivity index (χ2n) is 5.32. The van der Waals surface area contributed by atoms with Crippen molar-refractivity contribution in [1.29, 1.82) is 0 Å². The molecular weight excluding hydrogens is 285 g/mol. The van der Waals surface area contributed by atoms with Crippen LogP contribution in [0.5, 0.6) is 0 Å². The van der Waals surface area contributed by atoms with Crippen molar-refractivity contribution in [1.82, 2.24) is 0 Å². The Balaban J connectivity index is 0.000000147. The average Bonchev–Trinajstić information content (AvgIpc) is 2.99. The second-order valence-corrected chi connectivity index (χ2v) is 5.32. The van der Waals surface area contributed by atoms with Gasteiger partial charge in [-0.15, -0.1) is 81.2 Å². The molecule has 21 heavy (non-hydrogen) atoms. The summed E-state index contributed by atoms with van der Waals surface area (Å²) in [5.74, 6) is 0. The van der Waals surface area contributed by atoms with E-state index in [4.69, 9.17) is 0 Å². The van der Waals surface area contributed by atoms with Gasteiger partial charge in [0.1, 0.15) is 0 Å². The third-order valence-electron chi connectivity index (χ3n) is 3.52. The van der Waals surface area contributed by atoms with Crippen molar-refractivity contribution in [2.24, 2.45) is 0 Å². The molecule has 4 rings (SSSR count). The van der Waals surface area contributed by atoms with E-state index in [1.54, 1.807) is 0 Å². The van der Waals surface area contributed by atoms with Gasteiger partial charge in [-0.05, 0) is 0 Å². The first kappa shape index (κ1) is 15.9. The molecule has 0 spiro atoms. The average molecular weight is 303 g/mol. The summed E-state index contributed by atoms with van der Waals surface area (Å²) in [6.07, 6.45) is 0. The van der Waals surface area contributed by atoms with Crippen LogP contribution in [0.3, 0.4) is 0 Å². The molecule has 4 aromatic rings. The maximum Gasteiger partial charge on any atom is 0 e. The summed E-state index contributed by atoms with van der Waals surface area (Å²) in [6, 6.07) is 25.7. The van der Waals surface area contributed by atoms with Gasteiger partial charge in [-0.3, -0.25) is 0 Å². The van der Waals surface area contributed by atoms with Crippen molar-refractivity contribution in [3.05, 3.63) is 83.9 Å². The Labute approximate surface area is 144 Å². The van der Waals surface area contributed by atoms with Crippen molar-refractivity contribution < 1.29 is 25.8 Å². The van der Waals surface area contributed by atoms with Crippen LogP contribution in [-0.2, 0) is 25.8 Å². The van der Waals surface area contributed by atoms with Gasteiger partial charge < -0.3 is 0 Å². The molecule has 0 atom stereocenters. The molecule has 0 nitrogen and oxygen atoms in total. The molecule has 0 aliphatic rings. The molecule has 0 aliphatic heterocycles. The Morgan fingerprint density at radius 3 is 1.38 bits per heavy atom. The number of aryl methyl sites for hydroxylation is 2. The summed E-state index contributed by atoms with van der Waals surface area (Å²) >= 11 is 0. The van der Waals surface area contributed by atoms with Crippen molar-refractivity contribution in [2.45, 2.75) is 13.8 Å². The number of benzene rings is 2. The maximum atomic E-state index is 2.20. The smallest absolute Gasteiger partial charge is 0 e. The van der Waals surface area contributed by atoms with Gasteiger partial charge in [-0.2, -0.15) is 12.1 Å². The molecule has 0 fully saturated rings. The van der Waals surface area contributed by atoms with Crippen LogP contribution in [0, 0.1) is 13.8 Å². The Morgan fingerprint density at radius 2 is 1.00 bits per heavy atom. The molecule has 0 heterocycles. The molecule has 1 heteroatoms. The van der Waals surface area contributed by atoms with Gasteiger partial charge in [-0.25, -0.2) is 0 Å². The van der Waals surface area contributed by atoms with Crippen molar-refractivity contribution in [3.8, 4) is 0 Å². The van der Waals surface area contributed by atoms with Crippen molar-refractivity contribution in [2.75, 3.05) is 0 Å². The van der Waals surface area contributed by atoms with Crippen LogP contribution in [0.25, 0.3) is 21.5 Å². The molecular formula is C20H18Sc-2. The quantitative estimate of drug-likeness (QED) is 0.364. The van der Waals surface area contributed by atoms with Gasteiger partial charge in [0.15, 0.2) is 0 Å². The molecule has 0 amide bonds. The second kappa shape index (κ2) is 7.00. The number of fused-ring (bicyclic) bond motifs is 2. The van der Waals surface area contributed by atoms with Crippen LogP contribution in [0.1, 0.15) is 11.1 Å². The largest absolute Gasteiger partial charge is 0.165 e. The summed E-state index contributed by atoms with van der Waals surface area (Å²) in [5, 5.41) is 5.39. The van der Waals surface area contributed by atoms with E-state index in [2.05, 4.69) is 86.6 Å².